The van der Waals surface area contributed by atoms with Crippen LogP contribution in [-0.4, -0.2) is 11.5 Å². The maximum atomic E-state index is 4.67. The van der Waals surface area contributed by atoms with Crippen LogP contribution in [0.1, 0.15) is 38.2 Å². The largest absolute Gasteiger partial charge is 0.308 e. The van der Waals surface area contributed by atoms with Crippen LogP contribution in [0.3, 0.4) is 0 Å². The van der Waals surface area contributed by atoms with Gasteiger partial charge in [0.05, 0.1) is 16.3 Å². The number of benzene rings is 1. The average molecular weight is 248 g/mol. The van der Waals surface area contributed by atoms with Crippen molar-refractivity contribution in [3.05, 3.63) is 29.3 Å². The Labute approximate surface area is 107 Å². The summed E-state index contributed by atoms with van der Waals surface area (Å²) >= 11 is 1.79. The molecule has 1 N–H and O–H groups in total. The molecule has 0 amide bonds. The van der Waals surface area contributed by atoms with Gasteiger partial charge in [-0.1, -0.05) is 32.4 Å². The molecule has 0 radical (unpaired) electrons. The predicted octanol–water partition coefficient (Wildman–Crippen LogP) is 3.99. The van der Waals surface area contributed by atoms with Crippen LogP contribution in [0.2, 0.25) is 0 Å². The van der Waals surface area contributed by atoms with Crippen LogP contribution in [0.4, 0.5) is 0 Å². The Kier molecular flexibility index (Phi) is 4.13. The highest BCUT2D eigenvalue weighted by molar-refractivity contribution is 7.18. The standard InChI is InChI=1S/C14H20N2S/c1-4-10(2)9-15-11(3)14-16-12-7-5-6-8-13(12)17-14/h5-8,10-11,15H,4,9H2,1-3H3. The number of nitrogens with one attached hydrogen (secondary N) is 1. The van der Waals surface area contributed by atoms with Gasteiger partial charge in [-0.15, -0.1) is 11.3 Å². The van der Waals surface area contributed by atoms with Crippen molar-refractivity contribution < 1.29 is 0 Å². The number of thiazole rings is 1. The molecular weight excluding hydrogens is 228 g/mol. The SMILES string of the molecule is CCC(C)CNC(C)c1nc2ccccc2s1. The van der Waals surface area contributed by atoms with Crippen LogP contribution in [-0.2, 0) is 0 Å². The molecule has 17 heavy (non-hydrogen) atoms. The summed E-state index contributed by atoms with van der Waals surface area (Å²) in [5.74, 6) is 0.729. The molecule has 0 aliphatic carbocycles. The van der Waals surface area contributed by atoms with E-state index in [0.29, 0.717) is 6.04 Å². The quantitative estimate of drug-likeness (QED) is 0.865. The van der Waals surface area contributed by atoms with E-state index >= 15 is 0 Å². The van der Waals surface area contributed by atoms with E-state index in [4.69, 9.17) is 0 Å². The van der Waals surface area contributed by atoms with E-state index in [1.165, 1.54) is 16.1 Å². The molecule has 0 saturated carbocycles. The third kappa shape index (κ3) is 3.05. The van der Waals surface area contributed by atoms with Gasteiger partial charge in [0.15, 0.2) is 0 Å². The van der Waals surface area contributed by atoms with Gasteiger partial charge in [0.1, 0.15) is 5.01 Å². The minimum absolute atomic E-state index is 0.349. The lowest BCUT2D eigenvalue weighted by Gasteiger charge is -2.14. The molecule has 1 heterocycles. The zero-order chi connectivity index (χ0) is 12.3. The second kappa shape index (κ2) is 5.61. The maximum absolute atomic E-state index is 4.67. The predicted molar refractivity (Wildman–Crippen MR) is 75.5 cm³/mol. The summed E-state index contributed by atoms with van der Waals surface area (Å²) in [6.45, 7) is 7.76. The van der Waals surface area contributed by atoms with Crippen molar-refractivity contribution in [2.24, 2.45) is 5.92 Å². The van der Waals surface area contributed by atoms with E-state index in [1.54, 1.807) is 11.3 Å². The Bertz CT molecular complexity index is 445. The normalized spacial score (nSPS) is 15.0. The Hall–Kier alpha value is -0.930. The zero-order valence-electron chi connectivity index (χ0n) is 10.7. The fraction of sp³-hybridized carbons (Fsp3) is 0.500. The van der Waals surface area contributed by atoms with E-state index < -0.39 is 0 Å². The average Bonchev–Trinajstić information content (AvgIpc) is 2.79. The molecule has 1 aromatic carbocycles. The van der Waals surface area contributed by atoms with Crippen molar-refractivity contribution in [2.45, 2.75) is 33.2 Å². The molecule has 2 rings (SSSR count). The molecule has 1 aromatic heterocycles. The van der Waals surface area contributed by atoms with E-state index in [2.05, 4.69) is 49.3 Å². The van der Waals surface area contributed by atoms with Gasteiger partial charge in [0.25, 0.3) is 0 Å². The molecule has 2 unspecified atom stereocenters. The molecular formula is C14H20N2S. The van der Waals surface area contributed by atoms with E-state index in [-0.39, 0.29) is 0 Å². The van der Waals surface area contributed by atoms with Crippen molar-refractivity contribution in [3.8, 4) is 0 Å². The second-order valence-corrected chi connectivity index (χ2v) is 5.73. The summed E-state index contributed by atoms with van der Waals surface area (Å²) in [5, 5.41) is 4.75. The Morgan fingerprint density at radius 1 is 1.29 bits per heavy atom. The number of para-hydroxylation sites is 1. The zero-order valence-corrected chi connectivity index (χ0v) is 11.6. The van der Waals surface area contributed by atoms with Crippen molar-refractivity contribution in [2.75, 3.05) is 6.54 Å². The first-order valence-electron chi connectivity index (χ1n) is 6.29. The molecule has 92 valence electrons. The number of nitrogens with zero attached hydrogens (tertiary/aromatic N) is 1. The highest BCUT2D eigenvalue weighted by Gasteiger charge is 2.11. The van der Waals surface area contributed by atoms with Crippen LogP contribution in [0.15, 0.2) is 24.3 Å². The van der Waals surface area contributed by atoms with Gasteiger partial charge >= 0.3 is 0 Å². The highest BCUT2D eigenvalue weighted by Crippen LogP contribution is 2.26. The van der Waals surface area contributed by atoms with Gasteiger partial charge in [-0.2, -0.15) is 0 Å². The van der Waals surface area contributed by atoms with Crippen molar-refractivity contribution >= 4 is 21.6 Å². The minimum atomic E-state index is 0.349. The van der Waals surface area contributed by atoms with E-state index in [1.807, 2.05) is 6.07 Å². The number of aromatic nitrogens is 1. The van der Waals surface area contributed by atoms with Crippen molar-refractivity contribution in [1.29, 1.82) is 0 Å². The van der Waals surface area contributed by atoms with Gasteiger partial charge in [-0.05, 0) is 31.5 Å². The van der Waals surface area contributed by atoms with Crippen molar-refractivity contribution in [3.63, 3.8) is 0 Å². The van der Waals surface area contributed by atoms with Crippen LogP contribution < -0.4 is 5.32 Å². The number of hydrogen-bond donors (Lipinski definition) is 1. The molecule has 0 spiro atoms. The third-order valence-corrected chi connectivity index (χ3v) is 4.37. The fourth-order valence-corrected chi connectivity index (χ4v) is 2.68. The van der Waals surface area contributed by atoms with Gasteiger partial charge in [-0.3, -0.25) is 0 Å². The number of rotatable bonds is 5. The first-order chi connectivity index (χ1) is 8.20. The van der Waals surface area contributed by atoms with Crippen LogP contribution in [0.5, 0.6) is 0 Å². The monoisotopic (exact) mass is 248 g/mol. The fourth-order valence-electron chi connectivity index (χ4n) is 1.68. The van der Waals surface area contributed by atoms with Gasteiger partial charge < -0.3 is 5.32 Å². The van der Waals surface area contributed by atoms with E-state index in [0.717, 1.165) is 18.0 Å². The molecule has 0 aliphatic heterocycles. The molecule has 0 fully saturated rings. The summed E-state index contributed by atoms with van der Waals surface area (Å²) in [4.78, 5) is 4.67. The molecule has 0 bridgehead atoms. The summed E-state index contributed by atoms with van der Waals surface area (Å²) in [6.07, 6.45) is 1.22. The second-order valence-electron chi connectivity index (χ2n) is 4.66. The summed E-state index contributed by atoms with van der Waals surface area (Å²) < 4.78 is 1.28. The number of hydrogen-bond acceptors (Lipinski definition) is 3. The molecule has 2 nitrogen and oxygen atoms in total. The first kappa shape index (κ1) is 12.5. The lowest BCUT2D eigenvalue weighted by molar-refractivity contribution is 0.460. The molecule has 0 aliphatic rings. The lowest BCUT2D eigenvalue weighted by Crippen LogP contribution is -2.24. The lowest BCUT2D eigenvalue weighted by atomic mass is 10.1. The van der Waals surface area contributed by atoms with E-state index in [9.17, 15) is 0 Å². The maximum Gasteiger partial charge on any atom is 0.111 e. The summed E-state index contributed by atoms with van der Waals surface area (Å²) in [6, 6.07) is 8.68. The smallest absolute Gasteiger partial charge is 0.111 e. The van der Waals surface area contributed by atoms with Gasteiger partial charge in [-0.25, -0.2) is 4.98 Å². The molecule has 3 heteroatoms. The highest BCUT2D eigenvalue weighted by atomic mass is 32.1. The topological polar surface area (TPSA) is 24.9 Å². The summed E-state index contributed by atoms with van der Waals surface area (Å²) in [7, 11) is 0. The first-order valence-corrected chi connectivity index (χ1v) is 7.11. The van der Waals surface area contributed by atoms with Crippen molar-refractivity contribution in [1.82, 2.24) is 10.3 Å². The van der Waals surface area contributed by atoms with Gasteiger partial charge in [0, 0.05) is 0 Å². The number of fused-ring (bicyclic) bond motifs is 1. The minimum Gasteiger partial charge on any atom is -0.308 e. The van der Waals surface area contributed by atoms with Gasteiger partial charge in [0.2, 0.25) is 0 Å². The molecule has 2 atom stereocenters. The van der Waals surface area contributed by atoms with Crippen LogP contribution >= 0.6 is 11.3 Å². The third-order valence-electron chi connectivity index (χ3n) is 3.15. The molecule has 0 saturated heterocycles. The van der Waals surface area contributed by atoms with Crippen LogP contribution in [0, 0.1) is 5.92 Å². The van der Waals surface area contributed by atoms with Crippen LogP contribution in [0.25, 0.3) is 10.2 Å². The molecule has 2 aromatic rings. The Morgan fingerprint density at radius 3 is 2.76 bits per heavy atom. The Morgan fingerprint density at radius 2 is 2.06 bits per heavy atom. The Balaban J connectivity index is 2.06. The summed E-state index contributed by atoms with van der Waals surface area (Å²) in [5.41, 5.74) is 1.12.